The average molecular weight is 324 g/mol. The summed E-state index contributed by atoms with van der Waals surface area (Å²) in [7, 11) is 1.55. The molecular formula is C16H16N6O2. The molecule has 8 heteroatoms. The number of benzene rings is 1. The highest BCUT2D eigenvalue weighted by Crippen LogP contribution is 2.45. The Morgan fingerprint density at radius 1 is 1.42 bits per heavy atom. The Hall–Kier alpha value is -3.13. The second kappa shape index (κ2) is 4.68. The molecule has 1 atom stereocenters. The minimum atomic E-state index is -0.839. The van der Waals surface area contributed by atoms with E-state index in [1.807, 2.05) is 19.1 Å². The highest BCUT2D eigenvalue weighted by Gasteiger charge is 2.39. The van der Waals surface area contributed by atoms with E-state index in [1.165, 1.54) is 0 Å². The second-order valence-corrected chi connectivity index (χ2v) is 5.97. The quantitative estimate of drug-likeness (QED) is 0.533. The van der Waals surface area contributed by atoms with Crippen LogP contribution >= 0.6 is 0 Å². The summed E-state index contributed by atoms with van der Waals surface area (Å²) in [4.78, 5) is 30.7. The molecule has 1 aliphatic rings. The standard InChI is InChI=1S/C16H16N6O2/c1-16(17)10-7-8(20-15(24)18-2)3-4-9(10)11-12(16)22-6-5-19-13(22)14(23)21-11/h3-7H,17H2,1-2H3,(H,21,23)(H2,18,20,24). The van der Waals surface area contributed by atoms with Crippen LogP contribution in [0.3, 0.4) is 0 Å². The van der Waals surface area contributed by atoms with Crippen LogP contribution in [-0.4, -0.2) is 27.4 Å². The van der Waals surface area contributed by atoms with Crippen molar-refractivity contribution in [2.24, 2.45) is 5.73 Å². The van der Waals surface area contributed by atoms with Gasteiger partial charge in [-0.1, -0.05) is 6.07 Å². The monoisotopic (exact) mass is 324 g/mol. The van der Waals surface area contributed by atoms with Crippen LogP contribution in [0.5, 0.6) is 0 Å². The number of hydrogen-bond acceptors (Lipinski definition) is 4. The molecule has 0 bridgehead atoms. The maximum Gasteiger partial charge on any atom is 0.318 e. The lowest BCUT2D eigenvalue weighted by Gasteiger charge is -2.22. The topological polar surface area (TPSA) is 117 Å². The van der Waals surface area contributed by atoms with E-state index < -0.39 is 5.54 Å². The summed E-state index contributed by atoms with van der Waals surface area (Å²) in [5.41, 5.74) is 9.54. The van der Waals surface area contributed by atoms with Gasteiger partial charge in [-0.25, -0.2) is 9.78 Å². The SMILES string of the molecule is CNC(=O)Nc1ccc2c(c1)C(C)(N)c1c-2[nH]c(=O)c2nccn12. The lowest BCUT2D eigenvalue weighted by atomic mass is 9.93. The van der Waals surface area contributed by atoms with Gasteiger partial charge in [0, 0.05) is 30.7 Å². The van der Waals surface area contributed by atoms with Gasteiger partial charge < -0.3 is 21.4 Å². The first-order valence-electron chi connectivity index (χ1n) is 7.46. The molecule has 0 fully saturated rings. The molecule has 2 heterocycles. The van der Waals surface area contributed by atoms with Gasteiger partial charge in [0.15, 0.2) is 0 Å². The Balaban J connectivity index is 1.97. The normalized spacial score (nSPS) is 18.3. The summed E-state index contributed by atoms with van der Waals surface area (Å²) in [5, 5.41) is 5.24. The maximum absolute atomic E-state index is 12.2. The van der Waals surface area contributed by atoms with Gasteiger partial charge in [0.05, 0.1) is 16.9 Å². The molecule has 4 rings (SSSR count). The smallest absolute Gasteiger partial charge is 0.318 e. The summed E-state index contributed by atoms with van der Waals surface area (Å²) >= 11 is 0. The number of imidazole rings is 1. The number of nitrogens with two attached hydrogens (primary N) is 1. The van der Waals surface area contributed by atoms with Gasteiger partial charge >= 0.3 is 6.03 Å². The van der Waals surface area contributed by atoms with Gasteiger partial charge in [-0.05, 0) is 24.6 Å². The number of hydrogen-bond donors (Lipinski definition) is 4. The molecule has 8 nitrogen and oxygen atoms in total. The number of carbonyl (C=O) groups is 1. The highest BCUT2D eigenvalue weighted by molar-refractivity contribution is 5.90. The van der Waals surface area contributed by atoms with Crippen LogP contribution in [0, 0.1) is 0 Å². The zero-order chi connectivity index (χ0) is 17.1. The van der Waals surface area contributed by atoms with Gasteiger partial charge in [0.25, 0.3) is 5.56 Å². The average Bonchev–Trinajstić information content (AvgIpc) is 3.10. The predicted molar refractivity (Wildman–Crippen MR) is 90.0 cm³/mol. The van der Waals surface area contributed by atoms with Crippen LogP contribution in [0.15, 0.2) is 35.4 Å². The molecule has 1 unspecified atom stereocenters. The van der Waals surface area contributed by atoms with Crippen molar-refractivity contribution in [1.29, 1.82) is 0 Å². The fraction of sp³-hybridized carbons (Fsp3) is 0.188. The van der Waals surface area contributed by atoms with E-state index in [2.05, 4.69) is 20.6 Å². The Bertz CT molecular complexity index is 1050. The maximum atomic E-state index is 12.2. The largest absolute Gasteiger partial charge is 0.341 e. The van der Waals surface area contributed by atoms with Crippen LogP contribution < -0.4 is 21.9 Å². The van der Waals surface area contributed by atoms with Crippen LogP contribution in [0.1, 0.15) is 18.2 Å². The molecule has 2 amide bonds. The molecular weight excluding hydrogens is 308 g/mol. The van der Waals surface area contributed by atoms with Crippen LogP contribution in [0.4, 0.5) is 10.5 Å². The Labute approximate surface area is 136 Å². The van der Waals surface area contributed by atoms with Crippen LogP contribution in [0.25, 0.3) is 16.9 Å². The molecule has 2 aromatic heterocycles. The number of urea groups is 1. The Morgan fingerprint density at radius 2 is 2.21 bits per heavy atom. The second-order valence-electron chi connectivity index (χ2n) is 5.97. The van der Waals surface area contributed by atoms with Crippen molar-refractivity contribution < 1.29 is 4.79 Å². The minimum absolute atomic E-state index is 0.269. The minimum Gasteiger partial charge on any atom is -0.341 e. The molecule has 5 N–H and O–H groups in total. The number of aromatic nitrogens is 3. The first-order valence-corrected chi connectivity index (χ1v) is 7.46. The summed E-state index contributed by atoms with van der Waals surface area (Å²) in [5.74, 6) is 0. The van der Waals surface area contributed by atoms with E-state index in [0.717, 1.165) is 16.8 Å². The number of fused-ring (bicyclic) bond motifs is 5. The number of amides is 2. The number of aromatic amines is 1. The van der Waals surface area contributed by atoms with Gasteiger partial charge in [-0.15, -0.1) is 0 Å². The molecule has 0 saturated carbocycles. The summed E-state index contributed by atoms with van der Waals surface area (Å²) < 4.78 is 1.72. The fourth-order valence-electron chi connectivity index (χ4n) is 3.30. The molecule has 0 saturated heterocycles. The third-order valence-corrected chi connectivity index (χ3v) is 4.39. The zero-order valence-corrected chi connectivity index (χ0v) is 13.2. The van der Waals surface area contributed by atoms with Gasteiger partial charge in [0.2, 0.25) is 5.65 Å². The molecule has 122 valence electrons. The third-order valence-electron chi connectivity index (χ3n) is 4.39. The van der Waals surface area contributed by atoms with E-state index in [-0.39, 0.29) is 11.6 Å². The van der Waals surface area contributed by atoms with E-state index in [9.17, 15) is 9.59 Å². The van der Waals surface area contributed by atoms with Crippen LogP contribution in [0.2, 0.25) is 0 Å². The molecule has 24 heavy (non-hydrogen) atoms. The number of carbonyl (C=O) groups excluding carboxylic acids is 1. The first kappa shape index (κ1) is 14.5. The number of H-pyrrole nitrogens is 1. The van der Waals surface area contributed by atoms with Crippen molar-refractivity contribution >= 4 is 17.4 Å². The molecule has 0 radical (unpaired) electrons. The Morgan fingerprint density at radius 3 is 2.96 bits per heavy atom. The molecule has 0 aliphatic heterocycles. The fourth-order valence-corrected chi connectivity index (χ4v) is 3.30. The molecule has 0 spiro atoms. The van der Waals surface area contributed by atoms with E-state index in [4.69, 9.17) is 5.73 Å². The summed E-state index contributed by atoms with van der Waals surface area (Å²) in [6.07, 6.45) is 3.30. The molecule has 3 aromatic rings. The van der Waals surface area contributed by atoms with Crippen molar-refractivity contribution in [2.45, 2.75) is 12.5 Å². The molecule has 1 aliphatic carbocycles. The van der Waals surface area contributed by atoms with Gasteiger partial charge in [-0.2, -0.15) is 0 Å². The number of nitrogens with zero attached hydrogens (tertiary/aromatic N) is 2. The number of rotatable bonds is 1. The van der Waals surface area contributed by atoms with E-state index >= 15 is 0 Å². The predicted octanol–water partition coefficient (Wildman–Crippen LogP) is 0.976. The molecule has 1 aromatic carbocycles. The van der Waals surface area contributed by atoms with Crippen molar-refractivity contribution in [3.8, 4) is 11.3 Å². The third kappa shape index (κ3) is 1.80. The summed E-state index contributed by atoms with van der Waals surface area (Å²) in [6.45, 7) is 1.87. The lowest BCUT2D eigenvalue weighted by Crippen LogP contribution is -2.35. The van der Waals surface area contributed by atoms with Crippen molar-refractivity contribution in [3.05, 3.63) is 52.2 Å². The number of nitrogens with one attached hydrogen (secondary N) is 3. The van der Waals surface area contributed by atoms with Crippen LogP contribution in [-0.2, 0) is 5.54 Å². The number of anilines is 1. The van der Waals surface area contributed by atoms with Crippen molar-refractivity contribution in [1.82, 2.24) is 19.7 Å². The van der Waals surface area contributed by atoms with Crippen molar-refractivity contribution in [2.75, 3.05) is 12.4 Å². The van der Waals surface area contributed by atoms with Gasteiger partial charge in [0.1, 0.15) is 0 Å². The highest BCUT2D eigenvalue weighted by atomic mass is 16.2. The summed E-state index contributed by atoms with van der Waals surface area (Å²) in [6, 6.07) is 5.13. The first-order chi connectivity index (χ1) is 11.4. The van der Waals surface area contributed by atoms with E-state index in [0.29, 0.717) is 17.0 Å². The van der Waals surface area contributed by atoms with E-state index in [1.54, 1.807) is 29.9 Å². The Kier molecular flexibility index (Phi) is 2.82. The van der Waals surface area contributed by atoms with Gasteiger partial charge in [-0.3, -0.25) is 9.20 Å². The lowest BCUT2D eigenvalue weighted by molar-refractivity contribution is 0.254. The van der Waals surface area contributed by atoms with Crippen molar-refractivity contribution in [3.63, 3.8) is 0 Å². The zero-order valence-electron chi connectivity index (χ0n) is 13.2.